The van der Waals surface area contributed by atoms with Crippen molar-refractivity contribution in [3.05, 3.63) is 93.8 Å². The number of carbonyl (C=O) groups is 1. The maximum atomic E-state index is 15.9. The number of para-hydroxylation sites is 1. The second-order valence-corrected chi connectivity index (χ2v) is 11.5. The summed E-state index contributed by atoms with van der Waals surface area (Å²) in [6, 6.07) is 13.7. The van der Waals surface area contributed by atoms with Crippen LogP contribution in [-0.4, -0.2) is 66.2 Å². The lowest BCUT2D eigenvalue weighted by molar-refractivity contribution is -0.274. The van der Waals surface area contributed by atoms with Gasteiger partial charge < -0.3 is 24.2 Å². The zero-order chi connectivity index (χ0) is 32.6. The van der Waals surface area contributed by atoms with Gasteiger partial charge in [0.15, 0.2) is 11.6 Å². The number of pyridine rings is 1. The first-order valence-electron chi connectivity index (χ1n) is 15.0. The van der Waals surface area contributed by atoms with Crippen molar-refractivity contribution in [2.45, 2.75) is 32.2 Å². The SMILES string of the molecule is O=C(O)c1cn(-c2cccc(CN3CCCCC3)c2)c2c(OC(F)(F)F)c(N3CCN(c4ccccc4F)CC3)c(F)cc2c1=O. The summed E-state index contributed by atoms with van der Waals surface area (Å²) >= 11 is 0. The molecule has 0 unspecified atom stereocenters. The first-order valence-corrected chi connectivity index (χ1v) is 15.0. The highest BCUT2D eigenvalue weighted by Crippen LogP contribution is 2.42. The van der Waals surface area contributed by atoms with E-state index in [1.165, 1.54) is 11.0 Å². The molecule has 0 amide bonds. The van der Waals surface area contributed by atoms with Gasteiger partial charge in [0.05, 0.1) is 11.1 Å². The summed E-state index contributed by atoms with van der Waals surface area (Å²) in [4.78, 5) is 30.7. The number of hydrogen-bond acceptors (Lipinski definition) is 6. The second-order valence-electron chi connectivity index (χ2n) is 11.5. The number of ether oxygens (including phenoxy) is 1. The fourth-order valence-electron chi connectivity index (χ4n) is 6.34. The third kappa shape index (κ3) is 6.37. The van der Waals surface area contributed by atoms with E-state index < -0.39 is 57.3 Å². The fourth-order valence-corrected chi connectivity index (χ4v) is 6.34. The molecule has 0 radical (unpaired) electrons. The van der Waals surface area contributed by atoms with Crippen molar-refractivity contribution in [1.29, 1.82) is 0 Å². The topological polar surface area (TPSA) is 78.2 Å². The van der Waals surface area contributed by atoms with Gasteiger partial charge in [-0.3, -0.25) is 9.69 Å². The number of hydrogen-bond donors (Lipinski definition) is 1. The van der Waals surface area contributed by atoms with Crippen LogP contribution in [0.25, 0.3) is 16.6 Å². The Bertz CT molecular complexity index is 1830. The second kappa shape index (κ2) is 12.6. The van der Waals surface area contributed by atoms with E-state index >= 15 is 4.39 Å². The van der Waals surface area contributed by atoms with E-state index in [0.29, 0.717) is 12.2 Å². The number of benzene rings is 3. The Balaban J connectivity index is 1.50. The molecule has 13 heteroatoms. The number of rotatable bonds is 7. The van der Waals surface area contributed by atoms with Crippen LogP contribution in [-0.2, 0) is 6.54 Å². The molecule has 6 rings (SSSR count). The molecule has 0 bridgehead atoms. The molecular weight excluding hydrogens is 611 g/mol. The fraction of sp³-hybridized carbons (Fsp3) is 0.333. The van der Waals surface area contributed by atoms with Gasteiger partial charge in [-0.05, 0) is 61.8 Å². The molecule has 1 aromatic heterocycles. The number of carboxylic acid groups (broad SMARTS) is 1. The number of halogens is 5. The summed E-state index contributed by atoms with van der Waals surface area (Å²) < 4.78 is 78.2. The quantitative estimate of drug-likeness (QED) is 0.242. The van der Waals surface area contributed by atoms with Crippen molar-refractivity contribution in [1.82, 2.24) is 9.47 Å². The van der Waals surface area contributed by atoms with Crippen LogP contribution >= 0.6 is 0 Å². The number of aromatic nitrogens is 1. The number of fused-ring (bicyclic) bond motifs is 1. The van der Waals surface area contributed by atoms with Gasteiger partial charge in [-0.1, -0.05) is 30.7 Å². The lowest BCUT2D eigenvalue weighted by Crippen LogP contribution is -2.47. The Morgan fingerprint density at radius 1 is 0.848 bits per heavy atom. The van der Waals surface area contributed by atoms with Gasteiger partial charge in [0.2, 0.25) is 5.43 Å². The van der Waals surface area contributed by atoms with Crippen LogP contribution in [0, 0.1) is 11.6 Å². The molecular formula is C33H31F5N4O4. The predicted molar refractivity (Wildman–Crippen MR) is 163 cm³/mol. The van der Waals surface area contributed by atoms with Crippen LogP contribution in [0.4, 0.5) is 33.3 Å². The van der Waals surface area contributed by atoms with Gasteiger partial charge >= 0.3 is 12.3 Å². The van der Waals surface area contributed by atoms with Crippen LogP contribution in [0.3, 0.4) is 0 Å². The van der Waals surface area contributed by atoms with Crippen molar-refractivity contribution < 1.29 is 36.6 Å². The van der Waals surface area contributed by atoms with Gasteiger partial charge in [-0.2, -0.15) is 0 Å². The van der Waals surface area contributed by atoms with Gasteiger partial charge in [0.25, 0.3) is 0 Å². The molecule has 2 saturated heterocycles. The van der Waals surface area contributed by atoms with E-state index in [1.807, 2.05) is 6.07 Å². The lowest BCUT2D eigenvalue weighted by atomic mass is 10.1. The zero-order valence-electron chi connectivity index (χ0n) is 24.7. The van der Waals surface area contributed by atoms with Gasteiger partial charge in [0, 0.05) is 44.6 Å². The highest BCUT2D eigenvalue weighted by atomic mass is 19.4. The number of piperidine rings is 1. The third-order valence-corrected chi connectivity index (χ3v) is 8.45. The minimum absolute atomic E-state index is 0.00768. The summed E-state index contributed by atoms with van der Waals surface area (Å²) in [5, 5.41) is 9.25. The Kier molecular flexibility index (Phi) is 8.60. The van der Waals surface area contributed by atoms with Crippen molar-refractivity contribution in [3.8, 4) is 11.4 Å². The van der Waals surface area contributed by atoms with E-state index in [2.05, 4.69) is 9.64 Å². The number of alkyl halides is 3. The molecule has 4 aromatic rings. The van der Waals surface area contributed by atoms with Gasteiger partial charge in [-0.25, -0.2) is 13.6 Å². The van der Waals surface area contributed by atoms with Crippen molar-refractivity contribution >= 4 is 28.2 Å². The van der Waals surface area contributed by atoms with Gasteiger partial charge in [0.1, 0.15) is 22.6 Å². The van der Waals surface area contributed by atoms with E-state index in [1.54, 1.807) is 41.3 Å². The van der Waals surface area contributed by atoms with E-state index in [9.17, 15) is 32.3 Å². The Hall–Kier alpha value is -4.65. The number of aromatic carboxylic acids is 1. The minimum atomic E-state index is -5.28. The summed E-state index contributed by atoms with van der Waals surface area (Å²) in [5.41, 5.74) is -1.42. The summed E-state index contributed by atoms with van der Waals surface area (Å²) in [7, 11) is 0. The molecule has 1 N–H and O–H groups in total. The average Bonchev–Trinajstić information content (AvgIpc) is 3.02. The molecule has 242 valence electrons. The minimum Gasteiger partial charge on any atom is -0.477 e. The van der Waals surface area contributed by atoms with E-state index in [0.717, 1.165) is 54.7 Å². The zero-order valence-corrected chi connectivity index (χ0v) is 24.7. The third-order valence-electron chi connectivity index (χ3n) is 8.45. The van der Waals surface area contributed by atoms with Crippen LogP contribution in [0.1, 0.15) is 35.2 Å². The van der Waals surface area contributed by atoms with Crippen LogP contribution < -0.4 is 20.0 Å². The molecule has 2 aliphatic heterocycles. The molecule has 0 spiro atoms. The van der Waals surface area contributed by atoms with E-state index in [4.69, 9.17) is 0 Å². The summed E-state index contributed by atoms with van der Waals surface area (Å²) in [6.07, 6.45) is -1.10. The van der Waals surface area contributed by atoms with E-state index in [-0.39, 0.29) is 31.9 Å². The number of anilines is 2. The van der Waals surface area contributed by atoms with Gasteiger partial charge in [-0.15, -0.1) is 13.2 Å². The smallest absolute Gasteiger partial charge is 0.477 e. The first kappa shape index (κ1) is 31.3. The predicted octanol–water partition coefficient (Wildman–Crippen LogP) is 6.18. The molecule has 0 atom stereocenters. The van der Waals surface area contributed by atoms with Crippen molar-refractivity contribution in [2.75, 3.05) is 49.1 Å². The highest BCUT2D eigenvalue weighted by molar-refractivity contribution is 5.98. The maximum Gasteiger partial charge on any atom is 0.573 e. The Morgan fingerprint density at radius 3 is 2.22 bits per heavy atom. The van der Waals surface area contributed by atoms with Crippen LogP contribution in [0.5, 0.6) is 5.75 Å². The number of nitrogens with zero attached hydrogens (tertiary/aromatic N) is 4. The Labute approximate surface area is 260 Å². The average molecular weight is 643 g/mol. The maximum absolute atomic E-state index is 15.9. The van der Waals surface area contributed by atoms with Crippen molar-refractivity contribution in [3.63, 3.8) is 0 Å². The normalized spacial score (nSPS) is 16.2. The largest absolute Gasteiger partial charge is 0.573 e. The molecule has 8 nitrogen and oxygen atoms in total. The molecule has 2 fully saturated rings. The first-order chi connectivity index (χ1) is 22.0. The van der Waals surface area contributed by atoms with Crippen LogP contribution in [0.15, 0.2) is 65.6 Å². The number of carboxylic acids is 1. The molecule has 3 aromatic carbocycles. The van der Waals surface area contributed by atoms with Crippen LogP contribution in [0.2, 0.25) is 0 Å². The summed E-state index contributed by atoms with van der Waals surface area (Å²) in [5.74, 6) is -4.22. The lowest BCUT2D eigenvalue weighted by Gasteiger charge is -2.38. The number of piperazine rings is 1. The summed E-state index contributed by atoms with van der Waals surface area (Å²) in [6.45, 7) is 2.69. The molecule has 3 heterocycles. The standard InChI is InChI=1S/C33H31F5N4O4/c34-25-9-2-3-10-27(25)40-13-15-41(16-14-40)29-26(35)18-23-28(31(29)46-33(36,37)38)42(20-24(30(23)43)32(44)45)22-8-6-7-21(17-22)19-39-11-4-1-5-12-39/h2-3,6-10,17-18,20H,1,4-5,11-16,19H2,(H,44,45). The van der Waals surface area contributed by atoms with Crippen molar-refractivity contribution in [2.24, 2.45) is 0 Å². The molecule has 0 aliphatic carbocycles. The molecule has 2 aliphatic rings. The number of likely N-dealkylation sites (tertiary alicyclic amines) is 1. The highest BCUT2D eigenvalue weighted by Gasteiger charge is 2.37. The Morgan fingerprint density at radius 2 is 1.54 bits per heavy atom. The monoisotopic (exact) mass is 642 g/mol. The molecule has 46 heavy (non-hydrogen) atoms. The molecule has 0 saturated carbocycles.